The molecule has 2 heterocycles. The fraction of sp³-hybridized carbons (Fsp3) is 0.167. The first-order valence-corrected chi connectivity index (χ1v) is 8.85. The van der Waals surface area contributed by atoms with Crippen LogP contribution >= 0.6 is 11.3 Å². The number of fused-ring (bicyclic) bond motifs is 2. The minimum Gasteiger partial charge on any atom is -0.302 e. The molecule has 0 fully saturated rings. The Bertz CT molecular complexity index is 1190. The first-order valence-electron chi connectivity index (χ1n) is 8.03. The number of imidazole rings is 1. The second-order valence-corrected chi connectivity index (χ2v) is 6.94. The van der Waals surface area contributed by atoms with Gasteiger partial charge >= 0.3 is 5.69 Å². The Hall–Kier alpha value is -3.00. The highest BCUT2D eigenvalue weighted by Gasteiger charge is 2.13. The zero-order valence-electron chi connectivity index (χ0n) is 13.9. The number of anilines is 1. The second-order valence-electron chi connectivity index (χ2n) is 5.91. The van der Waals surface area contributed by atoms with Crippen LogP contribution in [0.1, 0.15) is 6.42 Å². The topological polar surface area (TPSA) is 68.9 Å². The van der Waals surface area contributed by atoms with Crippen molar-refractivity contribution in [1.82, 2.24) is 14.1 Å². The van der Waals surface area contributed by atoms with Crippen molar-refractivity contribution in [3.05, 3.63) is 58.8 Å². The van der Waals surface area contributed by atoms with Gasteiger partial charge in [0.15, 0.2) is 5.13 Å². The minimum atomic E-state index is -0.339. The van der Waals surface area contributed by atoms with Crippen molar-refractivity contribution in [2.24, 2.45) is 7.05 Å². The minimum absolute atomic E-state index is 0.137. The van der Waals surface area contributed by atoms with Crippen LogP contribution in [0.5, 0.6) is 0 Å². The number of aryl methyl sites for hydroxylation is 2. The number of para-hydroxylation sites is 2. The lowest BCUT2D eigenvalue weighted by Crippen LogP contribution is -2.24. The predicted molar refractivity (Wildman–Crippen MR) is 100 cm³/mol. The van der Waals surface area contributed by atoms with E-state index in [1.807, 2.05) is 24.3 Å². The average molecular weight is 370 g/mol. The number of rotatable bonds is 4. The maximum Gasteiger partial charge on any atom is 0.328 e. The number of thiazole rings is 1. The summed E-state index contributed by atoms with van der Waals surface area (Å²) < 4.78 is 17.1. The first-order chi connectivity index (χ1) is 12.5. The smallest absolute Gasteiger partial charge is 0.302 e. The number of nitrogens with one attached hydrogen (secondary N) is 1. The Morgan fingerprint density at radius 2 is 2.00 bits per heavy atom. The molecule has 132 valence electrons. The number of hydrogen-bond donors (Lipinski definition) is 1. The summed E-state index contributed by atoms with van der Waals surface area (Å²) in [5.41, 5.74) is 2.10. The predicted octanol–water partition coefficient (Wildman–Crippen LogP) is 3.12. The molecule has 0 aliphatic rings. The zero-order valence-corrected chi connectivity index (χ0v) is 14.7. The van der Waals surface area contributed by atoms with Crippen LogP contribution in [0.15, 0.2) is 47.3 Å². The molecule has 4 aromatic rings. The van der Waals surface area contributed by atoms with Crippen molar-refractivity contribution in [2.45, 2.75) is 13.0 Å². The molecule has 8 heteroatoms. The number of aromatic nitrogens is 3. The van der Waals surface area contributed by atoms with Gasteiger partial charge in [-0.15, -0.1) is 0 Å². The van der Waals surface area contributed by atoms with Gasteiger partial charge in [-0.25, -0.2) is 14.2 Å². The molecular formula is C18H15FN4O2S. The van der Waals surface area contributed by atoms with E-state index in [1.165, 1.54) is 23.5 Å². The van der Waals surface area contributed by atoms with Gasteiger partial charge in [0.25, 0.3) is 0 Å². The van der Waals surface area contributed by atoms with Gasteiger partial charge in [-0.2, -0.15) is 0 Å². The van der Waals surface area contributed by atoms with Crippen LogP contribution in [0.2, 0.25) is 0 Å². The van der Waals surface area contributed by atoms with E-state index in [1.54, 1.807) is 22.2 Å². The summed E-state index contributed by atoms with van der Waals surface area (Å²) in [4.78, 5) is 28.9. The van der Waals surface area contributed by atoms with E-state index < -0.39 is 0 Å². The maximum atomic E-state index is 13.2. The molecular weight excluding hydrogens is 355 g/mol. The van der Waals surface area contributed by atoms with Crippen molar-refractivity contribution in [3.8, 4) is 0 Å². The number of nitrogens with zero attached hydrogens (tertiary/aromatic N) is 3. The zero-order chi connectivity index (χ0) is 18.3. The summed E-state index contributed by atoms with van der Waals surface area (Å²) >= 11 is 1.22. The van der Waals surface area contributed by atoms with Crippen LogP contribution in [-0.2, 0) is 18.4 Å². The number of amides is 1. The third-order valence-electron chi connectivity index (χ3n) is 4.21. The Labute approximate surface area is 151 Å². The molecule has 2 aromatic carbocycles. The van der Waals surface area contributed by atoms with Crippen LogP contribution in [0.25, 0.3) is 21.3 Å². The van der Waals surface area contributed by atoms with Crippen molar-refractivity contribution < 1.29 is 9.18 Å². The highest BCUT2D eigenvalue weighted by atomic mass is 32.1. The molecule has 0 spiro atoms. The third kappa shape index (κ3) is 2.88. The third-order valence-corrected chi connectivity index (χ3v) is 5.14. The molecule has 26 heavy (non-hydrogen) atoms. The SMILES string of the molecule is Cn1c(=O)n(CCC(=O)Nc2nc3ccc(F)cc3s2)c2ccccc21. The van der Waals surface area contributed by atoms with Gasteiger partial charge in [-0.1, -0.05) is 23.5 Å². The number of hydrogen-bond acceptors (Lipinski definition) is 4. The van der Waals surface area contributed by atoms with Crippen LogP contribution in [0, 0.1) is 5.82 Å². The maximum absolute atomic E-state index is 13.2. The molecule has 0 saturated heterocycles. The molecule has 0 saturated carbocycles. The lowest BCUT2D eigenvalue weighted by Gasteiger charge is -2.03. The summed E-state index contributed by atoms with van der Waals surface area (Å²) in [6.07, 6.45) is 0.137. The number of benzene rings is 2. The standard InChI is InChI=1S/C18H15FN4O2S/c1-22-13-4-2-3-5-14(13)23(18(22)25)9-8-16(24)21-17-20-12-7-6-11(19)10-15(12)26-17/h2-7,10H,8-9H2,1H3,(H,20,21,24). The highest BCUT2D eigenvalue weighted by Crippen LogP contribution is 2.26. The van der Waals surface area contributed by atoms with Crippen molar-refractivity contribution in [3.63, 3.8) is 0 Å². The van der Waals surface area contributed by atoms with Gasteiger partial charge < -0.3 is 5.32 Å². The first kappa shape index (κ1) is 16.5. The van der Waals surface area contributed by atoms with Gasteiger partial charge in [-0.05, 0) is 30.3 Å². The quantitative estimate of drug-likeness (QED) is 0.600. The van der Waals surface area contributed by atoms with Crippen molar-refractivity contribution in [2.75, 3.05) is 5.32 Å². The van der Waals surface area contributed by atoms with Crippen molar-refractivity contribution >= 4 is 43.6 Å². The van der Waals surface area contributed by atoms with Gasteiger partial charge in [-0.3, -0.25) is 13.9 Å². The summed E-state index contributed by atoms with van der Waals surface area (Å²) in [5.74, 6) is -0.585. The van der Waals surface area contributed by atoms with E-state index in [4.69, 9.17) is 0 Å². The molecule has 0 unspecified atom stereocenters. The largest absolute Gasteiger partial charge is 0.328 e. The number of carbonyl (C=O) groups is 1. The molecule has 1 N–H and O–H groups in total. The summed E-state index contributed by atoms with van der Waals surface area (Å²) in [6, 6.07) is 11.8. The Morgan fingerprint density at radius 1 is 1.23 bits per heavy atom. The molecule has 0 atom stereocenters. The molecule has 4 rings (SSSR count). The van der Waals surface area contributed by atoms with Gasteiger partial charge in [0, 0.05) is 20.0 Å². The molecule has 1 amide bonds. The highest BCUT2D eigenvalue weighted by molar-refractivity contribution is 7.22. The lowest BCUT2D eigenvalue weighted by molar-refractivity contribution is -0.116. The van der Waals surface area contributed by atoms with Gasteiger partial charge in [0.05, 0.1) is 21.3 Å². The van der Waals surface area contributed by atoms with E-state index >= 15 is 0 Å². The Morgan fingerprint density at radius 3 is 2.81 bits per heavy atom. The molecule has 0 aliphatic carbocycles. The number of carbonyl (C=O) groups excluding carboxylic acids is 1. The van der Waals surface area contributed by atoms with Crippen molar-refractivity contribution in [1.29, 1.82) is 0 Å². The van der Waals surface area contributed by atoms with Crippen LogP contribution in [0.3, 0.4) is 0 Å². The molecule has 2 aromatic heterocycles. The summed E-state index contributed by atoms with van der Waals surface area (Å²) in [6.45, 7) is 0.269. The number of halogens is 1. The fourth-order valence-corrected chi connectivity index (χ4v) is 3.83. The lowest BCUT2D eigenvalue weighted by atomic mass is 10.3. The van der Waals surface area contributed by atoms with Crippen LogP contribution < -0.4 is 11.0 Å². The van der Waals surface area contributed by atoms with E-state index in [-0.39, 0.29) is 30.4 Å². The monoisotopic (exact) mass is 370 g/mol. The van der Waals surface area contributed by atoms with E-state index in [0.29, 0.717) is 15.3 Å². The van der Waals surface area contributed by atoms with E-state index in [2.05, 4.69) is 10.3 Å². The fourth-order valence-electron chi connectivity index (χ4n) is 2.93. The molecule has 0 aliphatic heterocycles. The average Bonchev–Trinajstić information content (AvgIpc) is 3.12. The van der Waals surface area contributed by atoms with Gasteiger partial charge in [0.2, 0.25) is 5.91 Å². The van der Waals surface area contributed by atoms with Crippen LogP contribution in [0.4, 0.5) is 9.52 Å². The summed E-state index contributed by atoms with van der Waals surface area (Å²) in [5, 5.41) is 3.14. The van der Waals surface area contributed by atoms with Crippen LogP contribution in [-0.4, -0.2) is 20.0 Å². The molecule has 0 radical (unpaired) electrons. The van der Waals surface area contributed by atoms with E-state index in [9.17, 15) is 14.0 Å². The molecule has 0 bridgehead atoms. The Kier molecular flexibility index (Phi) is 4.04. The normalized spacial score (nSPS) is 11.3. The summed E-state index contributed by atoms with van der Waals surface area (Å²) in [7, 11) is 1.71. The van der Waals surface area contributed by atoms with Gasteiger partial charge in [0.1, 0.15) is 5.82 Å². The van der Waals surface area contributed by atoms with E-state index in [0.717, 1.165) is 11.0 Å². The molecule has 6 nitrogen and oxygen atoms in total. The second kappa shape index (κ2) is 6.38. The Balaban J connectivity index is 1.50.